The smallest absolute Gasteiger partial charge is 0.123 e. The lowest BCUT2D eigenvalue weighted by atomic mass is 9.76. The van der Waals surface area contributed by atoms with Gasteiger partial charge in [-0.05, 0) is 61.4 Å². The van der Waals surface area contributed by atoms with E-state index in [4.69, 9.17) is 0 Å². The van der Waals surface area contributed by atoms with Crippen LogP contribution < -0.4 is 5.32 Å². The summed E-state index contributed by atoms with van der Waals surface area (Å²) in [5, 5.41) is 3.58. The summed E-state index contributed by atoms with van der Waals surface area (Å²) in [6.45, 7) is 1.13. The lowest BCUT2D eigenvalue weighted by Crippen LogP contribution is -2.40. The topological polar surface area (TPSA) is 12.0 Å². The maximum atomic E-state index is 12.8. The molecule has 0 atom stereocenters. The van der Waals surface area contributed by atoms with Gasteiger partial charge in [0, 0.05) is 6.04 Å². The summed E-state index contributed by atoms with van der Waals surface area (Å²) in [6, 6.07) is 7.64. The summed E-state index contributed by atoms with van der Waals surface area (Å²) in [5.41, 5.74) is 1.29. The van der Waals surface area contributed by atoms with Crippen molar-refractivity contribution in [3.8, 4) is 0 Å². The summed E-state index contributed by atoms with van der Waals surface area (Å²) in [6.07, 6.45) is 5.79. The van der Waals surface area contributed by atoms with Crippen LogP contribution in [0.25, 0.3) is 0 Å². The number of benzene rings is 1. The number of rotatable bonds is 6. The van der Waals surface area contributed by atoms with Crippen molar-refractivity contribution in [2.45, 2.75) is 31.2 Å². The third-order valence-electron chi connectivity index (χ3n) is 3.44. The molecule has 0 amide bonds. The molecule has 0 bridgehead atoms. The Morgan fingerprint density at radius 2 is 2.00 bits per heavy atom. The Bertz CT molecular complexity index is 333. The number of thioether (sulfide) groups is 1. The first-order chi connectivity index (χ1) is 8.29. The molecule has 1 fully saturated rings. The van der Waals surface area contributed by atoms with Crippen LogP contribution in [0.3, 0.4) is 0 Å². The molecule has 0 saturated heterocycles. The van der Waals surface area contributed by atoms with Crippen molar-refractivity contribution in [1.29, 1.82) is 0 Å². The van der Waals surface area contributed by atoms with Gasteiger partial charge in [0.15, 0.2) is 0 Å². The minimum atomic E-state index is -0.139. The second kappa shape index (κ2) is 6.41. The van der Waals surface area contributed by atoms with Crippen molar-refractivity contribution in [3.63, 3.8) is 0 Å². The fourth-order valence-corrected chi connectivity index (χ4v) is 2.75. The maximum Gasteiger partial charge on any atom is 0.123 e. The molecule has 0 aliphatic heterocycles. The number of nitrogens with one attached hydrogen (secondary N) is 1. The fraction of sp³-hybridized carbons (Fsp3) is 0.571. The van der Waals surface area contributed by atoms with E-state index in [1.54, 1.807) is 12.1 Å². The lowest BCUT2D eigenvalue weighted by Gasteiger charge is -2.36. The largest absolute Gasteiger partial charge is 0.314 e. The van der Waals surface area contributed by atoms with Crippen molar-refractivity contribution in [3.05, 3.63) is 35.6 Å². The van der Waals surface area contributed by atoms with Gasteiger partial charge in [-0.3, -0.25) is 0 Å². The molecule has 0 unspecified atom stereocenters. The maximum absolute atomic E-state index is 12.8. The van der Waals surface area contributed by atoms with E-state index in [1.807, 2.05) is 23.9 Å². The first-order valence-electron chi connectivity index (χ1n) is 6.27. The molecule has 3 heteroatoms. The Labute approximate surface area is 107 Å². The van der Waals surface area contributed by atoms with E-state index in [0.29, 0.717) is 12.0 Å². The quantitative estimate of drug-likeness (QED) is 0.780. The summed E-state index contributed by atoms with van der Waals surface area (Å²) in [5.74, 6) is 1.73. The zero-order valence-corrected chi connectivity index (χ0v) is 11.1. The average molecular weight is 253 g/mol. The minimum Gasteiger partial charge on any atom is -0.314 e. The molecule has 1 saturated carbocycles. The molecule has 0 spiro atoms. The van der Waals surface area contributed by atoms with Crippen LogP contribution in [0.1, 0.15) is 30.7 Å². The summed E-state index contributed by atoms with van der Waals surface area (Å²) < 4.78 is 12.8. The van der Waals surface area contributed by atoms with Crippen molar-refractivity contribution in [2.24, 2.45) is 0 Å². The Morgan fingerprint density at radius 3 is 2.65 bits per heavy atom. The third kappa shape index (κ3) is 3.71. The Kier molecular flexibility index (Phi) is 4.86. The SMILES string of the molecule is CSCCCNC1CC(c2ccc(F)cc2)C1. The number of halogens is 1. The number of hydrogen-bond acceptors (Lipinski definition) is 2. The predicted octanol–water partition coefficient (Wildman–Crippen LogP) is 3.41. The van der Waals surface area contributed by atoms with Crippen molar-refractivity contribution >= 4 is 11.8 Å². The van der Waals surface area contributed by atoms with Crippen molar-refractivity contribution in [2.75, 3.05) is 18.6 Å². The molecule has 0 heterocycles. The standard InChI is InChI=1S/C14H20FNS/c1-17-8-2-7-16-14-9-12(10-14)11-3-5-13(15)6-4-11/h3-6,12,14,16H,2,7-10H2,1H3. The van der Waals surface area contributed by atoms with Crippen LogP contribution in [0.5, 0.6) is 0 Å². The van der Waals surface area contributed by atoms with Gasteiger partial charge in [0.2, 0.25) is 0 Å². The van der Waals surface area contributed by atoms with E-state index in [1.165, 1.54) is 30.6 Å². The van der Waals surface area contributed by atoms with Gasteiger partial charge in [-0.15, -0.1) is 0 Å². The first-order valence-corrected chi connectivity index (χ1v) is 7.67. The summed E-state index contributed by atoms with van der Waals surface area (Å²) in [4.78, 5) is 0. The first kappa shape index (κ1) is 12.9. The van der Waals surface area contributed by atoms with E-state index in [0.717, 1.165) is 6.54 Å². The van der Waals surface area contributed by atoms with E-state index in [-0.39, 0.29) is 5.82 Å². The molecule has 1 aromatic carbocycles. The van der Waals surface area contributed by atoms with Crippen LogP contribution in [0.2, 0.25) is 0 Å². The zero-order chi connectivity index (χ0) is 12.1. The molecule has 0 aromatic heterocycles. The van der Waals surface area contributed by atoms with Gasteiger partial charge in [0.25, 0.3) is 0 Å². The summed E-state index contributed by atoms with van der Waals surface area (Å²) >= 11 is 1.90. The molecular formula is C14H20FNS. The fourth-order valence-electron chi connectivity index (χ4n) is 2.31. The van der Waals surface area contributed by atoms with Crippen LogP contribution in [0.15, 0.2) is 24.3 Å². The minimum absolute atomic E-state index is 0.139. The molecule has 1 nitrogen and oxygen atoms in total. The van der Waals surface area contributed by atoms with Gasteiger partial charge in [-0.1, -0.05) is 12.1 Å². The highest BCUT2D eigenvalue weighted by Crippen LogP contribution is 2.36. The Morgan fingerprint density at radius 1 is 1.29 bits per heavy atom. The average Bonchev–Trinajstić information content (AvgIpc) is 2.28. The lowest BCUT2D eigenvalue weighted by molar-refractivity contribution is 0.292. The van der Waals surface area contributed by atoms with Gasteiger partial charge >= 0.3 is 0 Å². The highest BCUT2D eigenvalue weighted by Gasteiger charge is 2.29. The van der Waals surface area contributed by atoms with Crippen molar-refractivity contribution in [1.82, 2.24) is 5.32 Å². The molecule has 1 N–H and O–H groups in total. The molecule has 1 aliphatic carbocycles. The molecule has 2 rings (SSSR count). The van der Waals surface area contributed by atoms with Gasteiger partial charge in [-0.25, -0.2) is 4.39 Å². The summed E-state index contributed by atoms with van der Waals surface area (Å²) in [7, 11) is 0. The molecule has 0 radical (unpaired) electrons. The van der Waals surface area contributed by atoms with Crippen LogP contribution in [-0.2, 0) is 0 Å². The van der Waals surface area contributed by atoms with Gasteiger partial charge in [0.1, 0.15) is 5.82 Å². The van der Waals surface area contributed by atoms with Crippen LogP contribution >= 0.6 is 11.8 Å². The van der Waals surface area contributed by atoms with Crippen molar-refractivity contribution < 1.29 is 4.39 Å². The highest BCUT2D eigenvalue weighted by molar-refractivity contribution is 7.98. The zero-order valence-electron chi connectivity index (χ0n) is 10.3. The van der Waals surface area contributed by atoms with E-state index >= 15 is 0 Å². The normalized spacial score (nSPS) is 23.4. The highest BCUT2D eigenvalue weighted by atomic mass is 32.2. The molecule has 1 aromatic rings. The predicted molar refractivity (Wildman–Crippen MR) is 73.2 cm³/mol. The van der Waals surface area contributed by atoms with E-state index < -0.39 is 0 Å². The van der Waals surface area contributed by atoms with Gasteiger partial charge < -0.3 is 5.32 Å². The monoisotopic (exact) mass is 253 g/mol. The van der Waals surface area contributed by atoms with Crippen LogP contribution in [0.4, 0.5) is 4.39 Å². The Hall–Kier alpha value is -0.540. The molecule has 94 valence electrons. The van der Waals surface area contributed by atoms with Gasteiger partial charge in [0.05, 0.1) is 0 Å². The van der Waals surface area contributed by atoms with Gasteiger partial charge in [-0.2, -0.15) is 11.8 Å². The number of hydrogen-bond donors (Lipinski definition) is 1. The van der Waals surface area contributed by atoms with E-state index in [2.05, 4.69) is 11.6 Å². The second-order valence-electron chi connectivity index (χ2n) is 4.72. The second-order valence-corrected chi connectivity index (χ2v) is 5.70. The van der Waals surface area contributed by atoms with E-state index in [9.17, 15) is 4.39 Å². The Balaban J connectivity index is 1.66. The molecule has 17 heavy (non-hydrogen) atoms. The molecular weight excluding hydrogens is 233 g/mol. The molecule has 1 aliphatic rings. The third-order valence-corrected chi connectivity index (χ3v) is 4.13. The van der Waals surface area contributed by atoms with Crippen LogP contribution in [0, 0.1) is 5.82 Å². The van der Waals surface area contributed by atoms with Crippen LogP contribution in [-0.4, -0.2) is 24.6 Å².